The average molecular weight is 404 g/mol. The number of rotatable bonds is 3. The van der Waals surface area contributed by atoms with Crippen molar-refractivity contribution in [2.45, 2.75) is 0 Å². The summed E-state index contributed by atoms with van der Waals surface area (Å²) in [6, 6.07) is 10.4. The summed E-state index contributed by atoms with van der Waals surface area (Å²) in [4.78, 5) is 22.6. The first kappa shape index (κ1) is 18.4. The van der Waals surface area contributed by atoms with Crippen molar-refractivity contribution in [1.29, 1.82) is 5.26 Å². The van der Waals surface area contributed by atoms with Gasteiger partial charge in [0.1, 0.15) is 11.9 Å². The first-order valence-electron chi connectivity index (χ1n) is 8.51. The number of anilines is 2. The molecule has 0 atom stereocenters. The highest BCUT2D eigenvalue weighted by atomic mass is 35.5. The lowest BCUT2D eigenvalue weighted by Gasteiger charge is -2.16. The van der Waals surface area contributed by atoms with Gasteiger partial charge in [-0.2, -0.15) is 10.4 Å². The zero-order chi connectivity index (χ0) is 20.5. The summed E-state index contributed by atoms with van der Waals surface area (Å²) < 4.78 is 1.66. The second-order valence-corrected chi connectivity index (χ2v) is 6.65. The maximum atomic E-state index is 13.0. The topological polar surface area (TPSA) is 113 Å². The number of amides is 1. The number of carbonyl (C=O) groups is 1. The van der Waals surface area contributed by atoms with Crippen LogP contribution in [0.2, 0.25) is 5.15 Å². The molecule has 0 aromatic carbocycles. The molecule has 9 heteroatoms. The van der Waals surface area contributed by atoms with Gasteiger partial charge in [-0.15, -0.1) is 0 Å². The minimum Gasteiger partial charge on any atom is -0.396 e. The summed E-state index contributed by atoms with van der Waals surface area (Å²) >= 11 is 5.91. The van der Waals surface area contributed by atoms with E-state index in [0.717, 1.165) is 16.6 Å². The molecule has 4 aromatic heterocycles. The fourth-order valence-electron chi connectivity index (χ4n) is 2.90. The van der Waals surface area contributed by atoms with Gasteiger partial charge in [0.2, 0.25) is 0 Å². The van der Waals surface area contributed by atoms with Crippen LogP contribution < -0.4 is 10.6 Å². The normalized spacial score (nSPS) is 10.7. The van der Waals surface area contributed by atoms with Gasteiger partial charge in [-0.05, 0) is 30.3 Å². The van der Waals surface area contributed by atoms with E-state index < -0.39 is 0 Å². The highest BCUT2D eigenvalue weighted by Crippen LogP contribution is 2.28. The predicted octanol–water partition coefficient (Wildman–Crippen LogP) is 3.18. The number of nitriles is 1. The third-order valence-electron chi connectivity index (χ3n) is 4.47. The quantitative estimate of drug-likeness (QED) is 0.525. The molecule has 0 radical (unpaired) electrons. The average Bonchev–Trinajstić information content (AvgIpc) is 3.18. The van der Waals surface area contributed by atoms with Crippen LogP contribution in [0.4, 0.5) is 11.5 Å². The van der Waals surface area contributed by atoms with Gasteiger partial charge in [0, 0.05) is 42.3 Å². The Morgan fingerprint density at radius 3 is 2.72 bits per heavy atom. The van der Waals surface area contributed by atoms with Crippen LogP contribution in [0, 0.1) is 11.3 Å². The van der Waals surface area contributed by atoms with Crippen molar-refractivity contribution in [1.82, 2.24) is 19.6 Å². The first-order chi connectivity index (χ1) is 14.0. The summed E-state index contributed by atoms with van der Waals surface area (Å²) in [5.74, 6) is 0.197. The molecule has 29 heavy (non-hydrogen) atoms. The van der Waals surface area contributed by atoms with E-state index in [-0.39, 0.29) is 11.1 Å². The van der Waals surface area contributed by atoms with E-state index in [1.807, 2.05) is 6.07 Å². The van der Waals surface area contributed by atoms with Crippen molar-refractivity contribution in [3.63, 3.8) is 0 Å². The molecule has 142 valence electrons. The molecule has 2 N–H and O–H groups in total. The Labute approximate surface area is 170 Å². The zero-order valence-electron chi connectivity index (χ0n) is 15.2. The Kier molecular flexibility index (Phi) is 4.58. The number of nitrogens with zero attached hydrogens (tertiary/aromatic N) is 6. The van der Waals surface area contributed by atoms with Crippen LogP contribution in [0.25, 0.3) is 16.6 Å². The molecule has 0 aliphatic carbocycles. The van der Waals surface area contributed by atoms with Gasteiger partial charge in [0.25, 0.3) is 5.91 Å². The fraction of sp³-hybridized carbons (Fsp3) is 0.0500. The number of halogens is 1. The van der Waals surface area contributed by atoms with E-state index in [4.69, 9.17) is 22.6 Å². The number of fused-ring (bicyclic) bond motifs is 1. The molecular weight excluding hydrogens is 390 g/mol. The van der Waals surface area contributed by atoms with Gasteiger partial charge in [0.15, 0.2) is 5.15 Å². The molecule has 0 saturated heterocycles. The molecule has 4 rings (SSSR count). The number of pyridine rings is 3. The Morgan fingerprint density at radius 2 is 2.03 bits per heavy atom. The largest absolute Gasteiger partial charge is 0.396 e. The number of hydrogen-bond acceptors (Lipinski definition) is 6. The van der Waals surface area contributed by atoms with Crippen LogP contribution in [-0.4, -0.2) is 32.5 Å². The predicted molar refractivity (Wildman–Crippen MR) is 110 cm³/mol. The maximum absolute atomic E-state index is 13.0. The van der Waals surface area contributed by atoms with Crippen LogP contribution in [0.1, 0.15) is 15.9 Å². The molecule has 0 aliphatic rings. The Bertz CT molecular complexity index is 1270. The summed E-state index contributed by atoms with van der Waals surface area (Å²) in [5, 5.41) is 13.4. The Morgan fingerprint density at radius 1 is 1.21 bits per heavy atom. The lowest BCUT2D eigenvalue weighted by Crippen LogP contribution is -2.27. The second-order valence-electron chi connectivity index (χ2n) is 6.29. The van der Waals surface area contributed by atoms with Crippen LogP contribution >= 0.6 is 11.6 Å². The molecule has 0 bridgehead atoms. The lowest BCUT2D eigenvalue weighted by molar-refractivity contribution is 0.0992. The van der Waals surface area contributed by atoms with E-state index in [1.165, 1.54) is 11.1 Å². The van der Waals surface area contributed by atoms with Crippen molar-refractivity contribution in [2.24, 2.45) is 0 Å². The highest BCUT2D eigenvalue weighted by Gasteiger charge is 2.17. The fourth-order valence-corrected chi connectivity index (χ4v) is 3.00. The lowest BCUT2D eigenvalue weighted by atomic mass is 10.1. The number of hydrogen-bond donors (Lipinski definition) is 1. The van der Waals surface area contributed by atoms with Crippen LogP contribution in [-0.2, 0) is 0 Å². The third kappa shape index (κ3) is 3.35. The molecule has 1 amide bonds. The second kappa shape index (κ2) is 7.22. The molecule has 4 aromatic rings. The Hall–Kier alpha value is -3.96. The molecule has 0 aliphatic heterocycles. The van der Waals surface area contributed by atoms with Crippen molar-refractivity contribution >= 4 is 34.5 Å². The summed E-state index contributed by atoms with van der Waals surface area (Å²) in [6.07, 6.45) is 6.42. The van der Waals surface area contributed by atoms with Crippen molar-refractivity contribution in [2.75, 3.05) is 17.7 Å². The summed E-state index contributed by atoms with van der Waals surface area (Å²) in [5.41, 5.74) is 9.35. The highest BCUT2D eigenvalue weighted by molar-refractivity contribution is 6.31. The first-order valence-corrected chi connectivity index (χ1v) is 8.88. The number of nitrogens with two attached hydrogens (primary N) is 1. The summed E-state index contributed by atoms with van der Waals surface area (Å²) in [7, 11) is 1.63. The van der Waals surface area contributed by atoms with Crippen LogP contribution in [0.15, 0.2) is 55.1 Å². The van der Waals surface area contributed by atoms with E-state index in [9.17, 15) is 4.79 Å². The molecular formula is C20H14ClN7O. The number of nitrogen functional groups attached to an aromatic ring is 1. The number of aromatic nitrogens is 4. The van der Waals surface area contributed by atoms with E-state index in [0.29, 0.717) is 22.6 Å². The SMILES string of the molecule is CN(C(=O)c1ccn2ncc(-c3cnc(Cl)c(N)c3)c2c1)c1ccc(C#N)cn1. The van der Waals surface area contributed by atoms with Crippen LogP contribution in [0.5, 0.6) is 0 Å². The monoisotopic (exact) mass is 403 g/mol. The van der Waals surface area contributed by atoms with E-state index in [2.05, 4.69) is 15.1 Å². The van der Waals surface area contributed by atoms with Crippen molar-refractivity contribution in [3.8, 4) is 17.2 Å². The van der Waals surface area contributed by atoms with Crippen LogP contribution in [0.3, 0.4) is 0 Å². The minimum atomic E-state index is -0.245. The van der Waals surface area contributed by atoms with Gasteiger partial charge in [-0.3, -0.25) is 9.69 Å². The maximum Gasteiger partial charge on any atom is 0.259 e. The smallest absolute Gasteiger partial charge is 0.259 e. The van der Waals surface area contributed by atoms with Gasteiger partial charge in [-0.25, -0.2) is 14.5 Å². The molecule has 0 saturated carbocycles. The third-order valence-corrected chi connectivity index (χ3v) is 4.79. The van der Waals surface area contributed by atoms with E-state index in [1.54, 1.807) is 60.5 Å². The van der Waals surface area contributed by atoms with Gasteiger partial charge in [-0.1, -0.05) is 11.6 Å². The van der Waals surface area contributed by atoms with E-state index >= 15 is 0 Å². The van der Waals surface area contributed by atoms with Crippen molar-refractivity contribution in [3.05, 3.63) is 71.4 Å². The molecule has 8 nitrogen and oxygen atoms in total. The zero-order valence-corrected chi connectivity index (χ0v) is 16.0. The van der Waals surface area contributed by atoms with Crippen molar-refractivity contribution < 1.29 is 4.79 Å². The molecule has 4 heterocycles. The summed E-state index contributed by atoms with van der Waals surface area (Å²) in [6.45, 7) is 0. The standard InChI is InChI=1S/C20H14ClN7O/c1-27(18-3-2-12(8-22)9-24-18)20(29)13-4-5-28-17(7-13)15(11-26-28)14-6-16(23)19(21)25-10-14/h2-7,9-11H,23H2,1H3. The molecule has 0 fully saturated rings. The molecule has 0 unspecified atom stereocenters. The Balaban J connectivity index is 1.71. The number of carbonyl (C=O) groups excluding carboxylic acids is 1. The van der Waals surface area contributed by atoms with Gasteiger partial charge >= 0.3 is 0 Å². The van der Waals surface area contributed by atoms with Gasteiger partial charge < -0.3 is 5.73 Å². The van der Waals surface area contributed by atoms with Gasteiger partial charge in [0.05, 0.1) is 23.0 Å². The molecule has 0 spiro atoms. The minimum absolute atomic E-state index is 0.234.